The number of likely N-dealkylation sites (N-methyl/N-ethyl adjacent to an activating group) is 1. The number of hydrogen-bond acceptors (Lipinski definition) is 8. The van der Waals surface area contributed by atoms with E-state index in [0.29, 0.717) is 31.0 Å². The van der Waals surface area contributed by atoms with Gasteiger partial charge in [-0.3, -0.25) is 0 Å². The van der Waals surface area contributed by atoms with E-state index < -0.39 is 8.32 Å². The molecule has 2 fully saturated rings. The van der Waals surface area contributed by atoms with Gasteiger partial charge < -0.3 is 24.3 Å². The Kier molecular flexibility index (Phi) is 9.11. The van der Waals surface area contributed by atoms with Crippen molar-refractivity contribution in [3.05, 3.63) is 53.2 Å². The first kappa shape index (κ1) is 31.8. The first-order chi connectivity index (χ1) is 21.5. The van der Waals surface area contributed by atoms with Crippen molar-refractivity contribution in [3.63, 3.8) is 0 Å². The van der Waals surface area contributed by atoms with Gasteiger partial charge in [0.2, 0.25) is 8.32 Å². The maximum absolute atomic E-state index is 9.38. The fraction of sp³-hybridized carbons (Fsp3) is 0.583. The molecule has 0 spiro atoms. The van der Waals surface area contributed by atoms with Crippen LogP contribution in [0.15, 0.2) is 36.4 Å². The van der Waals surface area contributed by atoms with E-state index in [2.05, 4.69) is 98.5 Å². The molecule has 2 unspecified atom stereocenters. The standard InChI is InChI=1S/C36H50N6O2Si/c1-36(2,3)45(5,6)44-29-20-25-10-7-8-12-30(25)32(22-29)26-13-14-31-33(21-26)39-35(43-24-28-11-9-18-41(28)4)40-34(31)42-19-17-38-27(23-42)15-16-37/h7-8,10,12,20,22,26-28,38H,9,11,13-15,17-19,21,23-24H2,1-6H3/t26?,27?,28-/m0/s1. The van der Waals surface area contributed by atoms with E-state index in [0.717, 1.165) is 69.1 Å². The molecule has 2 saturated heterocycles. The van der Waals surface area contributed by atoms with Gasteiger partial charge in [0.25, 0.3) is 0 Å². The minimum Gasteiger partial charge on any atom is -0.543 e. The number of ether oxygens (including phenoxy) is 1. The van der Waals surface area contributed by atoms with Crippen LogP contribution in [0.3, 0.4) is 0 Å². The summed E-state index contributed by atoms with van der Waals surface area (Å²) >= 11 is 0. The van der Waals surface area contributed by atoms with E-state index in [-0.39, 0.29) is 11.1 Å². The number of nitriles is 1. The Morgan fingerprint density at radius 3 is 2.69 bits per heavy atom. The summed E-state index contributed by atoms with van der Waals surface area (Å²) in [5.41, 5.74) is 3.69. The highest BCUT2D eigenvalue weighted by Crippen LogP contribution is 2.43. The maximum Gasteiger partial charge on any atom is 0.318 e. The van der Waals surface area contributed by atoms with Crippen LogP contribution >= 0.6 is 0 Å². The Balaban J connectivity index is 1.35. The van der Waals surface area contributed by atoms with Gasteiger partial charge >= 0.3 is 6.01 Å². The number of nitrogens with one attached hydrogen (secondary N) is 1. The van der Waals surface area contributed by atoms with Crippen molar-refractivity contribution in [2.45, 2.75) is 95.4 Å². The number of nitrogens with zero attached hydrogens (tertiary/aromatic N) is 5. The number of likely N-dealkylation sites (tertiary alicyclic amines) is 1. The average molecular weight is 627 g/mol. The van der Waals surface area contributed by atoms with Crippen molar-refractivity contribution in [2.24, 2.45) is 0 Å². The van der Waals surface area contributed by atoms with Gasteiger partial charge in [0.05, 0.1) is 18.2 Å². The van der Waals surface area contributed by atoms with Gasteiger partial charge in [-0.2, -0.15) is 15.2 Å². The molecule has 3 atom stereocenters. The molecule has 1 aromatic heterocycles. The molecule has 0 saturated carbocycles. The third-order valence-electron chi connectivity index (χ3n) is 10.7. The van der Waals surface area contributed by atoms with Crippen LogP contribution < -0.4 is 19.4 Å². The molecule has 3 aromatic rings. The molecule has 3 aliphatic rings. The normalized spacial score (nSPS) is 22.7. The van der Waals surface area contributed by atoms with Crippen LogP contribution in [0, 0.1) is 11.3 Å². The number of anilines is 1. The fourth-order valence-corrected chi connectivity index (χ4v) is 7.96. The van der Waals surface area contributed by atoms with Crippen LogP contribution in [0.25, 0.3) is 10.8 Å². The number of rotatable bonds is 8. The van der Waals surface area contributed by atoms with Crippen molar-refractivity contribution in [3.8, 4) is 17.8 Å². The second kappa shape index (κ2) is 12.9. The highest BCUT2D eigenvalue weighted by atomic mass is 28.4. The minimum atomic E-state index is -2.01. The SMILES string of the molecule is CN1CCC[C@H]1COc1nc2c(c(N3CCNC(CC#N)C3)n1)CCC(c1cc(O[Si](C)(C)C(C)(C)C)cc3ccccc13)C2. The van der Waals surface area contributed by atoms with Gasteiger partial charge in [0.15, 0.2) is 0 Å². The van der Waals surface area contributed by atoms with Crippen LogP contribution in [-0.2, 0) is 12.8 Å². The summed E-state index contributed by atoms with van der Waals surface area (Å²) in [7, 11) is 0.169. The summed E-state index contributed by atoms with van der Waals surface area (Å²) in [6.45, 7) is 15.7. The summed E-state index contributed by atoms with van der Waals surface area (Å²) in [5, 5.41) is 15.5. The topological polar surface area (TPSA) is 86.5 Å². The molecule has 45 heavy (non-hydrogen) atoms. The first-order valence-corrected chi connectivity index (χ1v) is 19.7. The molecule has 1 aliphatic carbocycles. The Morgan fingerprint density at radius 2 is 1.93 bits per heavy atom. The lowest BCUT2D eigenvalue weighted by atomic mass is 9.80. The predicted octanol–water partition coefficient (Wildman–Crippen LogP) is 6.45. The van der Waals surface area contributed by atoms with E-state index in [1.165, 1.54) is 28.3 Å². The Bertz CT molecular complexity index is 1560. The summed E-state index contributed by atoms with van der Waals surface area (Å²) in [5.74, 6) is 2.30. The molecular weight excluding hydrogens is 577 g/mol. The van der Waals surface area contributed by atoms with Gasteiger partial charge in [-0.15, -0.1) is 0 Å². The molecule has 1 N–H and O–H groups in total. The van der Waals surface area contributed by atoms with Crippen molar-refractivity contribution in [2.75, 3.05) is 44.7 Å². The number of aromatic nitrogens is 2. The fourth-order valence-electron chi connectivity index (χ4n) is 6.95. The number of piperazine rings is 1. The van der Waals surface area contributed by atoms with Crippen molar-refractivity contribution in [1.29, 1.82) is 5.26 Å². The van der Waals surface area contributed by atoms with E-state index in [1.54, 1.807) is 0 Å². The van der Waals surface area contributed by atoms with E-state index in [9.17, 15) is 5.26 Å². The first-order valence-electron chi connectivity index (χ1n) is 16.8. The van der Waals surface area contributed by atoms with Gasteiger partial charge in [0.1, 0.15) is 18.2 Å². The van der Waals surface area contributed by atoms with Gasteiger partial charge in [-0.25, -0.2) is 0 Å². The molecule has 8 nitrogen and oxygen atoms in total. The van der Waals surface area contributed by atoms with Crippen LogP contribution in [0.4, 0.5) is 5.82 Å². The second-order valence-electron chi connectivity index (χ2n) is 14.8. The Labute approximate surface area is 270 Å². The number of hydrogen-bond donors (Lipinski definition) is 1. The highest BCUT2D eigenvalue weighted by molar-refractivity contribution is 6.74. The zero-order chi connectivity index (χ0) is 31.8. The average Bonchev–Trinajstić information content (AvgIpc) is 3.42. The van der Waals surface area contributed by atoms with Gasteiger partial charge in [0, 0.05) is 37.3 Å². The number of benzene rings is 2. The van der Waals surface area contributed by atoms with Crippen LogP contribution in [0.1, 0.15) is 69.2 Å². The third kappa shape index (κ3) is 6.84. The van der Waals surface area contributed by atoms with Crippen LogP contribution in [0.5, 0.6) is 11.8 Å². The molecule has 9 heteroatoms. The largest absolute Gasteiger partial charge is 0.543 e. The van der Waals surface area contributed by atoms with E-state index in [1.807, 2.05) is 0 Å². The van der Waals surface area contributed by atoms with Gasteiger partial charge in [-0.1, -0.05) is 45.0 Å². The molecule has 0 amide bonds. The zero-order valence-electron chi connectivity index (χ0n) is 28.0. The minimum absolute atomic E-state index is 0.121. The third-order valence-corrected chi connectivity index (χ3v) is 15.0. The molecule has 3 heterocycles. The van der Waals surface area contributed by atoms with Gasteiger partial charge in [-0.05, 0) is 98.2 Å². The molecule has 0 bridgehead atoms. The van der Waals surface area contributed by atoms with Crippen molar-refractivity contribution in [1.82, 2.24) is 20.2 Å². The lowest BCUT2D eigenvalue weighted by Crippen LogP contribution is -2.51. The lowest BCUT2D eigenvalue weighted by molar-refractivity contribution is 0.187. The Hall–Kier alpha value is -3.19. The maximum atomic E-state index is 9.38. The quantitative estimate of drug-likeness (QED) is 0.286. The molecule has 2 aromatic carbocycles. The van der Waals surface area contributed by atoms with Crippen molar-refractivity contribution < 1.29 is 9.16 Å². The van der Waals surface area contributed by atoms with Crippen LogP contribution in [-0.4, -0.2) is 75.1 Å². The smallest absolute Gasteiger partial charge is 0.318 e. The highest BCUT2D eigenvalue weighted by Gasteiger charge is 2.39. The molecule has 2 aliphatic heterocycles. The molecule has 0 radical (unpaired) electrons. The number of fused-ring (bicyclic) bond motifs is 2. The zero-order valence-corrected chi connectivity index (χ0v) is 29.0. The second-order valence-corrected chi connectivity index (χ2v) is 19.6. The predicted molar refractivity (Wildman–Crippen MR) is 184 cm³/mol. The molecule has 240 valence electrons. The monoisotopic (exact) mass is 626 g/mol. The molecular formula is C36H50N6O2Si. The summed E-state index contributed by atoms with van der Waals surface area (Å²) < 4.78 is 13.2. The van der Waals surface area contributed by atoms with Crippen molar-refractivity contribution >= 4 is 24.9 Å². The Morgan fingerprint density at radius 1 is 1.11 bits per heavy atom. The van der Waals surface area contributed by atoms with Crippen LogP contribution in [0.2, 0.25) is 18.1 Å². The summed E-state index contributed by atoms with van der Waals surface area (Å²) in [6.07, 6.45) is 5.61. The molecule has 6 rings (SSSR count). The lowest BCUT2D eigenvalue weighted by Gasteiger charge is -2.37. The summed E-state index contributed by atoms with van der Waals surface area (Å²) in [4.78, 5) is 14.9. The summed E-state index contributed by atoms with van der Waals surface area (Å²) in [6, 6.07) is 16.6. The van der Waals surface area contributed by atoms with E-state index >= 15 is 0 Å². The van der Waals surface area contributed by atoms with E-state index in [4.69, 9.17) is 19.1 Å².